The van der Waals surface area contributed by atoms with Gasteiger partial charge in [0, 0.05) is 12.6 Å². The molecule has 0 aliphatic rings. The van der Waals surface area contributed by atoms with Crippen molar-refractivity contribution >= 4 is 40.9 Å². The zero-order chi connectivity index (χ0) is 20.4. The summed E-state index contributed by atoms with van der Waals surface area (Å²) in [6.45, 7) is -0.0131. The molecule has 7 nitrogen and oxygen atoms in total. The predicted molar refractivity (Wildman–Crippen MR) is 112 cm³/mol. The second-order valence-electron chi connectivity index (χ2n) is 5.57. The molecule has 0 fully saturated rings. The lowest BCUT2D eigenvalue weighted by Gasteiger charge is -2.12. The van der Waals surface area contributed by atoms with E-state index in [1.165, 1.54) is 6.08 Å². The summed E-state index contributed by atoms with van der Waals surface area (Å²) in [7, 11) is 1.58. The van der Waals surface area contributed by atoms with Crippen molar-refractivity contribution in [2.75, 3.05) is 25.6 Å². The number of amides is 2. The largest absolute Gasteiger partial charge is 0.497 e. The first-order chi connectivity index (χ1) is 13.5. The fourth-order valence-corrected chi connectivity index (χ4v) is 2.46. The van der Waals surface area contributed by atoms with E-state index in [1.54, 1.807) is 49.6 Å². The van der Waals surface area contributed by atoms with Gasteiger partial charge in [-0.1, -0.05) is 24.3 Å². The molecule has 0 radical (unpaired) electrons. The minimum Gasteiger partial charge on any atom is -0.497 e. The number of carbonyl (C=O) groups excluding carboxylic acids is 2. The highest BCUT2D eigenvalue weighted by Crippen LogP contribution is 2.15. The smallest absolute Gasteiger partial charge is 0.253 e. The Bertz CT molecular complexity index is 866. The number of thiocarbonyl (C=S) groups is 1. The molecule has 0 atom stereocenters. The first-order valence-corrected chi connectivity index (χ1v) is 8.86. The molecule has 2 amide bonds. The molecular weight excluding hydrogens is 378 g/mol. The third-order valence-electron chi connectivity index (χ3n) is 3.60. The van der Waals surface area contributed by atoms with E-state index >= 15 is 0 Å². The third-order valence-corrected chi connectivity index (χ3v) is 3.80. The van der Waals surface area contributed by atoms with E-state index in [9.17, 15) is 9.59 Å². The molecule has 2 rings (SSSR count). The number of rotatable bonds is 7. The van der Waals surface area contributed by atoms with Gasteiger partial charge in [-0.15, -0.1) is 0 Å². The minimum atomic E-state index is -0.407. The molecule has 0 aromatic heterocycles. The highest BCUT2D eigenvalue weighted by molar-refractivity contribution is 7.80. The average molecular weight is 399 g/mol. The van der Waals surface area contributed by atoms with Crippen LogP contribution >= 0.6 is 12.2 Å². The van der Waals surface area contributed by atoms with Gasteiger partial charge in [-0.2, -0.15) is 0 Å². The summed E-state index contributed by atoms with van der Waals surface area (Å²) in [5.41, 5.74) is 1.63. The highest BCUT2D eigenvalue weighted by Gasteiger charge is 2.11. The maximum Gasteiger partial charge on any atom is 0.253 e. The zero-order valence-corrected chi connectivity index (χ0v) is 16.1. The van der Waals surface area contributed by atoms with Crippen LogP contribution < -0.4 is 20.7 Å². The second-order valence-corrected chi connectivity index (χ2v) is 5.98. The zero-order valence-electron chi connectivity index (χ0n) is 15.3. The first-order valence-electron chi connectivity index (χ1n) is 8.45. The molecule has 0 aliphatic carbocycles. The van der Waals surface area contributed by atoms with Crippen molar-refractivity contribution in [1.29, 1.82) is 0 Å². The van der Waals surface area contributed by atoms with Gasteiger partial charge in [-0.25, -0.2) is 0 Å². The summed E-state index contributed by atoms with van der Waals surface area (Å²) in [6, 6.07) is 14.0. The molecule has 0 bridgehead atoms. The van der Waals surface area contributed by atoms with Gasteiger partial charge in [-0.3, -0.25) is 14.9 Å². The van der Waals surface area contributed by atoms with Crippen LogP contribution in [-0.2, 0) is 4.79 Å². The van der Waals surface area contributed by atoms with E-state index in [-0.39, 0.29) is 24.2 Å². The van der Waals surface area contributed by atoms with E-state index in [2.05, 4.69) is 16.0 Å². The Hall–Kier alpha value is -3.23. The summed E-state index contributed by atoms with van der Waals surface area (Å²) >= 11 is 5.14. The topological polar surface area (TPSA) is 99.7 Å². The van der Waals surface area contributed by atoms with Crippen molar-refractivity contribution < 1.29 is 19.4 Å². The number of aliphatic hydroxyl groups excluding tert-OH is 1. The number of anilines is 1. The van der Waals surface area contributed by atoms with Crippen molar-refractivity contribution in [3.05, 3.63) is 65.7 Å². The molecule has 4 N–H and O–H groups in total. The molecule has 8 heteroatoms. The highest BCUT2D eigenvalue weighted by atomic mass is 32.1. The molecule has 2 aromatic carbocycles. The maximum atomic E-state index is 12.1. The van der Waals surface area contributed by atoms with Crippen LogP contribution in [0.15, 0.2) is 54.6 Å². The Morgan fingerprint density at radius 1 is 1.14 bits per heavy atom. The first kappa shape index (κ1) is 21.1. The van der Waals surface area contributed by atoms with E-state index in [1.807, 2.05) is 12.1 Å². The van der Waals surface area contributed by atoms with Crippen LogP contribution in [0, 0.1) is 0 Å². The van der Waals surface area contributed by atoms with Crippen LogP contribution in [-0.4, -0.2) is 42.3 Å². The summed E-state index contributed by atoms with van der Waals surface area (Å²) in [4.78, 5) is 24.2. The van der Waals surface area contributed by atoms with Gasteiger partial charge >= 0.3 is 0 Å². The third kappa shape index (κ3) is 6.49. The summed E-state index contributed by atoms with van der Waals surface area (Å²) < 4.78 is 5.08. The van der Waals surface area contributed by atoms with Crippen LogP contribution in [0.3, 0.4) is 0 Å². The van der Waals surface area contributed by atoms with Gasteiger partial charge in [0.1, 0.15) is 5.75 Å². The van der Waals surface area contributed by atoms with Crippen molar-refractivity contribution in [3.8, 4) is 5.75 Å². The van der Waals surface area contributed by atoms with Gasteiger partial charge in [0.25, 0.3) is 5.91 Å². The molecule has 0 unspecified atom stereocenters. The SMILES string of the molecule is COc1ccc(/C=C/C(=O)NC(=S)Nc2ccccc2C(=O)NCCO)cc1. The summed E-state index contributed by atoms with van der Waals surface area (Å²) in [6.07, 6.45) is 3.00. The second kappa shape index (κ2) is 10.8. The van der Waals surface area contributed by atoms with Gasteiger partial charge in [0.15, 0.2) is 5.11 Å². The lowest BCUT2D eigenvalue weighted by Crippen LogP contribution is -2.34. The molecule has 0 heterocycles. The van der Waals surface area contributed by atoms with Crippen LogP contribution in [0.2, 0.25) is 0 Å². The molecule has 0 saturated heterocycles. The number of carbonyl (C=O) groups is 2. The van der Waals surface area contributed by atoms with Crippen LogP contribution in [0.25, 0.3) is 6.08 Å². The monoisotopic (exact) mass is 399 g/mol. The number of aliphatic hydroxyl groups is 1. The summed E-state index contributed by atoms with van der Waals surface area (Å²) in [5, 5.41) is 16.8. The summed E-state index contributed by atoms with van der Waals surface area (Å²) in [5.74, 6) is -0.0325. The lowest BCUT2D eigenvalue weighted by atomic mass is 10.1. The molecule has 28 heavy (non-hydrogen) atoms. The average Bonchev–Trinajstić information content (AvgIpc) is 2.71. The van der Waals surface area contributed by atoms with Gasteiger partial charge < -0.3 is 20.5 Å². The number of nitrogens with one attached hydrogen (secondary N) is 3. The maximum absolute atomic E-state index is 12.1. The standard InChI is InChI=1S/C20H21N3O4S/c1-27-15-9-6-14(7-10-15)8-11-18(25)23-20(28)22-17-5-3-2-4-16(17)19(26)21-12-13-24/h2-11,24H,12-13H2,1H3,(H,21,26)(H2,22,23,25,28)/b11-8+. The van der Waals surface area contributed by atoms with Gasteiger partial charge in [-0.05, 0) is 48.1 Å². The normalized spacial score (nSPS) is 10.4. The quantitative estimate of drug-likeness (QED) is 0.420. The molecule has 0 spiro atoms. The van der Waals surface area contributed by atoms with Crippen molar-refractivity contribution in [2.24, 2.45) is 0 Å². The Kier molecular flexibility index (Phi) is 8.13. The van der Waals surface area contributed by atoms with Crippen LogP contribution in [0.5, 0.6) is 5.75 Å². The lowest BCUT2D eigenvalue weighted by molar-refractivity contribution is -0.115. The minimum absolute atomic E-state index is 0.0618. The Morgan fingerprint density at radius 3 is 2.54 bits per heavy atom. The van der Waals surface area contributed by atoms with Crippen molar-refractivity contribution in [1.82, 2.24) is 10.6 Å². The van der Waals surface area contributed by atoms with Gasteiger partial charge in [0.2, 0.25) is 5.91 Å². The number of ether oxygens (including phenoxy) is 1. The number of para-hydroxylation sites is 1. The molecule has 146 valence electrons. The van der Waals surface area contributed by atoms with Gasteiger partial charge in [0.05, 0.1) is 25.0 Å². The number of benzene rings is 2. The molecule has 0 saturated carbocycles. The van der Waals surface area contributed by atoms with Crippen molar-refractivity contribution in [3.63, 3.8) is 0 Å². The van der Waals surface area contributed by atoms with E-state index in [4.69, 9.17) is 22.1 Å². The number of methoxy groups -OCH3 is 1. The van der Waals surface area contributed by atoms with Crippen LogP contribution in [0.1, 0.15) is 15.9 Å². The number of hydrogen-bond donors (Lipinski definition) is 4. The molecule has 2 aromatic rings. The van der Waals surface area contributed by atoms with E-state index in [0.717, 1.165) is 11.3 Å². The predicted octanol–water partition coefficient (Wildman–Crippen LogP) is 1.94. The fourth-order valence-electron chi connectivity index (χ4n) is 2.25. The van der Waals surface area contributed by atoms with E-state index in [0.29, 0.717) is 11.3 Å². The van der Waals surface area contributed by atoms with E-state index < -0.39 is 5.91 Å². The fraction of sp³-hybridized carbons (Fsp3) is 0.150. The van der Waals surface area contributed by atoms with Crippen molar-refractivity contribution in [2.45, 2.75) is 0 Å². The Morgan fingerprint density at radius 2 is 1.86 bits per heavy atom. The Labute approximate surface area is 168 Å². The Balaban J connectivity index is 1.95. The van der Waals surface area contributed by atoms with Crippen LogP contribution in [0.4, 0.5) is 5.69 Å². The number of hydrogen-bond acceptors (Lipinski definition) is 5. The molecular formula is C20H21N3O4S. The molecule has 0 aliphatic heterocycles.